The number of carbonyl (C=O) groups excluding carboxylic acids is 1. The lowest BCUT2D eigenvalue weighted by atomic mass is 9.66. The number of fused-ring (bicyclic) bond motifs is 3. The highest BCUT2D eigenvalue weighted by Gasteiger charge is 2.65. The maximum Gasteiger partial charge on any atom is 0.333 e. The monoisotopic (exact) mass is 625 g/mol. The molecular formula is C22H29I2NO4. The number of methoxy groups -OCH3 is 2. The van der Waals surface area contributed by atoms with Gasteiger partial charge < -0.3 is 19.9 Å². The highest BCUT2D eigenvalue weighted by atomic mass is 127. The zero-order valence-corrected chi connectivity index (χ0v) is 22.1. The normalized spacial score (nSPS) is 27.8. The third-order valence-corrected chi connectivity index (χ3v) is 12.9. The van der Waals surface area contributed by atoms with E-state index in [0.717, 1.165) is 22.6 Å². The largest absolute Gasteiger partial charge is 0.496 e. The van der Waals surface area contributed by atoms with Crippen molar-refractivity contribution in [1.29, 1.82) is 0 Å². The van der Waals surface area contributed by atoms with E-state index < -0.39 is 31.9 Å². The van der Waals surface area contributed by atoms with Gasteiger partial charge in [-0.15, -0.1) is 20.7 Å². The van der Waals surface area contributed by atoms with Crippen LogP contribution in [0, 0.1) is 0 Å². The molecule has 0 bridgehead atoms. The van der Waals surface area contributed by atoms with Crippen LogP contribution in [-0.4, -0.2) is 33.7 Å². The Morgan fingerprint density at radius 2 is 2.00 bits per heavy atom. The molecule has 7 heteroatoms. The number of hydrogen-bond acceptors (Lipinski definition) is 5. The highest BCUT2D eigenvalue weighted by molar-refractivity contribution is 14.2. The van der Waals surface area contributed by atoms with Gasteiger partial charge in [0, 0.05) is 11.1 Å². The molecule has 0 spiro atoms. The van der Waals surface area contributed by atoms with Crippen LogP contribution in [0.5, 0.6) is 11.5 Å². The molecule has 29 heavy (non-hydrogen) atoms. The molecule has 0 radical (unpaired) electrons. The first-order valence-electron chi connectivity index (χ1n) is 9.43. The van der Waals surface area contributed by atoms with Gasteiger partial charge in [-0.05, 0) is 58.2 Å². The summed E-state index contributed by atoms with van der Waals surface area (Å²) >= 11 is 1.94. The number of hydrogen-bond donors (Lipinski definition) is 1. The average molecular weight is 625 g/mol. The Bertz CT molecular complexity index is 903. The molecule has 1 aliphatic carbocycles. The lowest BCUT2D eigenvalue weighted by molar-refractivity contribution is -0.136. The molecule has 1 aromatic rings. The molecule has 2 aliphatic rings. The second-order valence-corrected chi connectivity index (χ2v) is 13.2. The number of esters is 1. The van der Waals surface area contributed by atoms with Crippen LogP contribution in [0.25, 0.3) is 0 Å². The zero-order valence-electron chi connectivity index (χ0n) is 17.8. The van der Waals surface area contributed by atoms with Crippen molar-refractivity contribution >= 4 is 53.8 Å². The Morgan fingerprint density at radius 1 is 1.34 bits per heavy atom. The van der Waals surface area contributed by atoms with Crippen LogP contribution in [0.2, 0.25) is 0 Å². The van der Waals surface area contributed by atoms with Gasteiger partial charge in [0.25, 0.3) is 0 Å². The van der Waals surface area contributed by atoms with Crippen molar-refractivity contribution in [3.05, 3.63) is 34.9 Å². The van der Waals surface area contributed by atoms with Gasteiger partial charge in [-0.25, -0.2) is 4.79 Å². The number of halogens is 2. The molecule has 0 aromatic heterocycles. The smallest absolute Gasteiger partial charge is 0.333 e. The average Bonchev–Trinajstić information content (AvgIpc) is 2.65. The fraction of sp³-hybridized carbons (Fsp3) is 0.545. The van der Waals surface area contributed by atoms with Crippen LogP contribution in [0.15, 0.2) is 23.8 Å². The molecule has 5 nitrogen and oxygen atoms in total. The molecule has 2 N–H and O–H groups in total. The number of nitrogens with two attached hydrogens (primary N) is 1. The summed E-state index contributed by atoms with van der Waals surface area (Å²) in [6.07, 6.45) is 3.28. The van der Waals surface area contributed by atoms with E-state index in [1.165, 1.54) is 7.11 Å². The number of allylic oxidation sites excluding steroid dienone is 1. The van der Waals surface area contributed by atoms with E-state index in [-0.39, 0.29) is 12.8 Å². The first-order chi connectivity index (χ1) is 13.4. The molecule has 0 fully saturated rings. The predicted octanol–water partition coefficient (Wildman–Crippen LogP) is 4.73. The Labute approximate surface area is 196 Å². The van der Waals surface area contributed by atoms with Crippen molar-refractivity contribution in [3.63, 3.8) is 0 Å². The summed E-state index contributed by atoms with van der Waals surface area (Å²) in [5, 5.41) is 0. The van der Waals surface area contributed by atoms with Crippen molar-refractivity contribution in [1.82, 2.24) is 0 Å². The molecule has 3 rings (SSSR count). The predicted molar refractivity (Wildman–Crippen MR) is 134 cm³/mol. The summed E-state index contributed by atoms with van der Waals surface area (Å²) in [7, 11) is 3.10. The second kappa shape index (κ2) is 7.47. The molecule has 1 aliphatic heterocycles. The maximum absolute atomic E-state index is 12.4. The summed E-state index contributed by atoms with van der Waals surface area (Å²) in [6, 6.07) is 4.04. The zero-order chi connectivity index (χ0) is 21.8. The van der Waals surface area contributed by atoms with E-state index >= 15 is 0 Å². The standard InChI is InChI=1S/C22H29I2NO4/c1-19(2,25)14-10-15(27-6)17-16(11-14)29-20(3,4)22(23)9-8-13(18(26)28-7)12-21(17,22)24-5/h8,10-11H,5,9,12,25H2,1-4,6-7H3/t21-,22-/m1/s1. The number of rotatable bonds is 4. The Hall–Kier alpha value is -0.680. The lowest BCUT2D eigenvalue weighted by Gasteiger charge is -2.58. The minimum absolute atomic E-state index is 0.273. The van der Waals surface area contributed by atoms with E-state index in [1.807, 2.05) is 32.1 Å². The number of ether oxygens (including phenoxy) is 3. The van der Waals surface area contributed by atoms with E-state index in [0.29, 0.717) is 18.4 Å². The molecule has 0 saturated carbocycles. The fourth-order valence-corrected chi connectivity index (χ4v) is 9.19. The topological polar surface area (TPSA) is 70.8 Å². The number of alkyl halides is 2. The van der Waals surface area contributed by atoms with Crippen LogP contribution in [0.1, 0.15) is 51.7 Å². The minimum Gasteiger partial charge on any atom is -0.496 e. The van der Waals surface area contributed by atoms with Gasteiger partial charge in [-0.3, -0.25) is 0 Å². The Balaban J connectivity index is 2.37. The van der Waals surface area contributed by atoms with Crippen molar-refractivity contribution in [2.75, 3.05) is 14.2 Å². The van der Waals surface area contributed by atoms with Crippen molar-refractivity contribution in [3.8, 4) is 11.5 Å². The van der Waals surface area contributed by atoms with Gasteiger partial charge in [0.05, 0.1) is 26.6 Å². The Morgan fingerprint density at radius 3 is 2.52 bits per heavy atom. The maximum atomic E-state index is 12.4. The van der Waals surface area contributed by atoms with Gasteiger partial charge in [-0.1, -0.05) is 33.2 Å². The molecule has 0 saturated heterocycles. The highest BCUT2D eigenvalue weighted by Crippen LogP contribution is 2.68. The van der Waals surface area contributed by atoms with Crippen LogP contribution in [-0.2, 0) is 18.5 Å². The molecule has 2 atom stereocenters. The summed E-state index contributed by atoms with van der Waals surface area (Å²) in [4.78, 5) is 12.4. The molecule has 0 amide bonds. The fourth-order valence-electron chi connectivity index (χ4n) is 4.37. The van der Waals surface area contributed by atoms with Gasteiger partial charge in [-0.2, -0.15) is 0 Å². The van der Waals surface area contributed by atoms with E-state index in [9.17, 15) is 4.79 Å². The van der Waals surface area contributed by atoms with Crippen molar-refractivity contribution in [2.24, 2.45) is 5.73 Å². The van der Waals surface area contributed by atoms with Gasteiger partial charge >= 0.3 is 5.97 Å². The van der Waals surface area contributed by atoms with E-state index in [2.05, 4.69) is 41.0 Å². The van der Waals surface area contributed by atoms with Crippen LogP contribution in [0.4, 0.5) is 0 Å². The lowest BCUT2D eigenvalue weighted by Crippen LogP contribution is -2.64. The quantitative estimate of drug-likeness (QED) is 0.298. The van der Waals surface area contributed by atoms with E-state index in [4.69, 9.17) is 19.9 Å². The molecule has 1 heterocycles. The molecular weight excluding hydrogens is 596 g/mol. The third kappa shape index (κ3) is 3.35. The molecule has 160 valence electrons. The summed E-state index contributed by atoms with van der Waals surface area (Å²) in [5.74, 6) is 1.26. The minimum atomic E-state index is -0.611. The number of carbonyl (C=O) groups is 1. The third-order valence-electron chi connectivity index (χ3n) is 6.11. The number of benzene rings is 1. The van der Waals surface area contributed by atoms with E-state index in [1.54, 1.807) is 7.11 Å². The Kier molecular flexibility index (Phi) is 5.93. The van der Waals surface area contributed by atoms with Crippen LogP contribution < -0.4 is 15.2 Å². The van der Waals surface area contributed by atoms with Crippen LogP contribution >= 0.6 is 43.3 Å². The van der Waals surface area contributed by atoms with Crippen LogP contribution in [0.3, 0.4) is 0 Å². The van der Waals surface area contributed by atoms with Gasteiger partial charge in [0.2, 0.25) is 0 Å². The summed E-state index contributed by atoms with van der Waals surface area (Å²) in [6.45, 7) is 8.18. The first kappa shape index (κ1) is 23.0. The van der Waals surface area contributed by atoms with Crippen molar-refractivity contribution in [2.45, 2.75) is 58.5 Å². The summed E-state index contributed by atoms with van der Waals surface area (Å²) in [5.41, 5.74) is 8.05. The van der Waals surface area contributed by atoms with Crippen molar-refractivity contribution < 1.29 is 19.0 Å². The molecule has 1 aromatic carbocycles. The SMILES string of the molecule is C=I[C@@]12CC(C(=O)OC)=CC[C@@]1(I)C(C)(C)Oc1cc(C(C)(C)N)cc(OC)c12. The summed E-state index contributed by atoms with van der Waals surface area (Å²) < 4.78 is 21.4. The molecule has 0 unspecified atom stereocenters. The second-order valence-electron chi connectivity index (χ2n) is 8.72. The van der Waals surface area contributed by atoms with Gasteiger partial charge in [0.1, 0.15) is 17.1 Å². The first-order valence-corrected chi connectivity index (χ1v) is 13.1. The van der Waals surface area contributed by atoms with Gasteiger partial charge in [0.15, 0.2) is 0 Å².